The number of hydrogen-bond donors (Lipinski definition) is 1. The van der Waals surface area contributed by atoms with Crippen LogP contribution in [0, 0.1) is 0 Å². The van der Waals surface area contributed by atoms with Crippen molar-refractivity contribution in [1.29, 1.82) is 0 Å². The summed E-state index contributed by atoms with van der Waals surface area (Å²) in [6.07, 6.45) is 3.57. The predicted molar refractivity (Wildman–Crippen MR) is 103 cm³/mol. The van der Waals surface area contributed by atoms with Crippen LogP contribution in [-0.2, 0) is 18.4 Å². The lowest BCUT2D eigenvalue weighted by Crippen LogP contribution is -2.31. The highest BCUT2D eigenvalue weighted by atomic mass is 16.5. The van der Waals surface area contributed by atoms with Crippen molar-refractivity contribution in [1.82, 2.24) is 14.9 Å². The zero-order valence-corrected chi connectivity index (χ0v) is 15.7. The van der Waals surface area contributed by atoms with E-state index in [1.165, 1.54) is 0 Å². The molecule has 6 nitrogen and oxygen atoms in total. The summed E-state index contributed by atoms with van der Waals surface area (Å²) < 4.78 is 12.4. The van der Waals surface area contributed by atoms with Crippen molar-refractivity contribution in [3.8, 4) is 5.75 Å². The van der Waals surface area contributed by atoms with Crippen LogP contribution in [0.25, 0.3) is 0 Å². The molecule has 0 aliphatic heterocycles. The molecule has 0 saturated carbocycles. The highest BCUT2D eigenvalue weighted by Crippen LogP contribution is 2.24. The van der Waals surface area contributed by atoms with Crippen LogP contribution in [0.2, 0.25) is 0 Å². The molecule has 1 heterocycles. The average molecular weight is 365 g/mol. The van der Waals surface area contributed by atoms with Gasteiger partial charge in [0.05, 0.1) is 13.7 Å². The molecule has 2 aromatic carbocycles. The van der Waals surface area contributed by atoms with E-state index in [2.05, 4.69) is 10.3 Å². The van der Waals surface area contributed by atoms with Crippen LogP contribution >= 0.6 is 0 Å². The van der Waals surface area contributed by atoms with Crippen LogP contribution in [0.4, 0.5) is 0 Å². The van der Waals surface area contributed by atoms with Crippen molar-refractivity contribution in [2.45, 2.75) is 12.6 Å². The standard InChI is InChI=1S/C21H23N3O3/c1-24-11-10-22-20(24)19(16-7-5-9-18(13-16)27-3)23-21(25)17-8-4-6-15(12-17)14-26-2/h4-13,19H,14H2,1-3H3,(H,23,25). The minimum absolute atomic E-state index is 0.177. The van der Waals surface area contributed by atoms with Gasteiger partial charge in [-0.2, -0.15) is 0 Å². The molecule has 3 rings (SSSR count). The summed E-state index contributed by atoms with van der Waals surface area (Å²) in [5.74, 6) is 1.29. The quantitative estimate of drug-likeness (QED) is 0.699. The fraction of sp³-hybridized carbons (Fsp3) is 0.238. The molecule has 1 unspecified atom stereocenters. The van der Waals surface area contributed by atoms with Crippen LogP contribution in [0.15, 0.2) is 60.9 Å². The number of methoxy groups -OCH3 is 2. The zero-order chi connectivity index (χ0) is 19.2. The van der Waals surface area contributed by atoms with E-state index in [1.54, 1.807) is 26.5 Å². The van der Waals surface area contributed by atoms with Crippen LogP contribution in [0.3, 0.4) is 0 Å². The van der Waals surface area contributed by atoms with Crippen molar-refractivity contribution in [3.05, 3.63) is 83.4 Å². The first-order valence-electron chi connectivity index (χ1n) is 8.62. The lowest BCUT2D eigenvalue weighted by molar-refractivity contribution is 0.0940. The third-order valence-electron chi connectivity index (χ3n) is 4.32. The molecule has 0 bridgehead atoms. The Kier molecular flexibility index (Phi) is 5.88. The molecule has 1 atom stereocenters. The summed E-state index contributed by atoms with van der Waals surface area (Å²) in [6.45, 7) is 0.458. The Morgan fingerprint density at radius 1 is 1.19 bits per heavy atom. The number of nitrogens with one attached hydrogen (secondary N) is 1. The summed E-state index contributed by atoms with van der Waals surface area (Å²) in [5, 5.41) is 3.09. The van der Waals surface area contributed by atoms with E-state index in [-0.39, 0.29) is 5.91 Å². The Balaban J connectivity index is 1.93. The number of amides is 1. The number of imidazole rings is 1. The van der Waals surface area contributed by atoms with E-state index in [1.807, 2.05) is 60.3 Å². The minimum atomic E-state index is -0.404. The number of rotatable bonds is 7. The van der Waals surface area contributed by atoms with E-state index in [0.717, 1.165) is 22.7 Å². The van der Waals surface area contributed by atoms with Gasteiger partial charge in [-0.1, -0.05) is 24.3 Å². The second-order valence-corrected chi connectivity index (χ2v) is 6.21. The molecule has 3 aromatic rings. The number of carbonyl (C=O) groups is 1. The van der Waals surface area contributed by atoms with Crippen molar-refractivity contribution < 1.29 is 14.3 Å². The lowest BCUT2D eigenvalue weighted by Gasteiger charge is -2.20. The van der Waals surface area contributed by atoms with Crippen molar-refractivity contribution in [2.75, 3.05) is 14.2 Å². The first kappa shape index (κ1) is 18.7. The van der Waals surface area contributed by atoms with Gasteiger partial charge in [0.15, 0.2) is 0 Å². The maximum Gasteiger partial charge on any atom is 0.252 e. The Morgan fingerprint density at radius 2 is 2.00 bits per heavy atom. The Hall–Kier alpha value is -3.12. The third-order valence-corrected chi connectivity index (χ3v) is 4.32. The fourth-order valence-corrected chi connectivity index (χ4v) is 2.96. The number of benzene rings is 2. The summed E-state index contributed by atoms with van der Waals surface area (Å²) in [4.78, 5) is 17.4. The molecule has 6 heteroatoms. The zero-order valence-electron chi connectivity index (χ0n) is 15.7. The van der Waals surface area contributed by atoms with Gasteiger partial charge in [0.2, 0.25) is 0 Å². The molecule has 140 valence electrons. The number of aryl methyl sites for hydroxylation is 1. The van der Waals surface area contributed by atoms with Gasteiger partial charge in [0, 0.05) is 32.1 Å². The normalized spacial score (nSPS) is 11.8. The van der Waals surface area contributed by atoms with Gasteiger partial charge in [0.1, 0.15) is 17.6 Å². The topological polar surface area (TPSA) is 65.4 Å². The van der Waals surface area contributed by atoms with E-state index >= 15 is 0 Å². The summed E-state index contributed by atoms with van der Waals surface area (Å²) in [7, 11) is 5.16. The van der Waals surface area contributed by atoms with Gasteiger partial charge >= 0.3 is 0 Å². The molecule has 0 spiro atoms. The molecule has 0 radical (unpaired) electrons. The first-order valence-corrected chi connectivity index (χ1v) is 8.62. The number of nitrogens with zero attached hydrogens (tertiary/aromatic N) is 2. The summed E-state index contributed by atoms with van der Waals surface area (Å²) in [5.41, 5.74) is 2.41. The number of carbonyl (C=O) groups excluding carboxylic acids is 1. The van der Waals surface area contributed by atoms with Gasteiger partial charge in [-0.25, -0.2) is 4.98 Å². The Morgan fingerprint density at radius 3 is 2.70 bits per heavy atom. The SMILES string of the molecule is COCc1cccc(C(=O)NC(c2cccc(OC)c2)c2nccn2C)c1. The molecule has 0 saturated heterocycles. The highest BCUT2D eigenvalue weighted by molar-refractivity contribution is 5.94. The van der Waals surface area contributed by atoms with E-state index in [4.69, 9.17) is 9.47 Å². The molecule has 1 amide bonds. The second kappa shape index (κ2) is 8.51. The van der Waals surface area contributed by atoms with Crippen molar-refractivity contribution in [3.63, 3.8) is 0 Å². The highest BCUT2D eigenvalue weighted by Gasteiger charge is 2.22. The van der Waals surface area contributed by atoms with Crippen LogP contribution < -0.4 is 10.1 Å². The second-order valence-electron chi connectivity index (χ2n) is 6.21. The van der Waals surface area contributed by atoms with Gasteiger partial charge in [-0.3, -0.25) is 4.79 Å². The molecular weight excluding hydrogens is 342 g/mol. The average Bonchev–Trinajstić information content (AvgIpc) is 3.12. The van der Waals surface area contributed by atoms with Gasteiger partial charge < -0.3 is 19.4 Å². The van der Waals surface area contributed by atoms with E-state index in [9.17, 15) is 4.79 Å². The molecule has 0 aliphatic carbocycles. The van der Waals surface area contributed by atoms with Gasteiger partial charge in [0.25, 0.3) is 5.91 Å². The number of aromatic nitrogens is 2. The van der Waals surface area contributed by atoms with Crippen LogP contribution in [0.1, 0.15) is 33.4 Å². The van der Waals surface area contributed by atoms with Crippen LogP contribution in [0.5, 0.6) is 5.75 Å². The summed E-state index contributed by atoms with van der Waals surface area (Å²) in [6, 6.07) is 14.6. The molecule has 0 aliphatic rings. The molecule has 1 aromatic heterocycles. The van der Waals surface area contributed by atoms with Gasteiger partial charge in [-0.05, 0) is 35.4 Å². The Bertz CT molecular complexity index is 920. The number of ether oxygens (including phenoxy) is 2. The number of hydrogen-bond acceptors (Lipinski definition) is 4. The van der Waals surface area contributed by atoms with E-state index < -0.39 is 6.04 Å². The predicted octanol–water partition coefficient (Wildman–Crippen LogP) is 3.09. The Labute approximate surface area is 158 Å². The van der Waals surface area contributed by atoms with Gasteiger partial charge in [-0.15, -0.1) is 0 Å². The molecule has 0 fully saturated rings. The minimum Gasteiger partial charge on any atom is -0.497 e. The lowest BCUT2D eigenvalue weighted by atomic mass is 10.0. The maximum absolute atomic E-state index is 12.9. The third kappa shape index (κ3) is 4.35. The van der Waals surface area contributed by atoms with Crippen molar-refractivity contribution in [2.24, 2.45) is 7.05 Å². The monoisotopic (exact) mass is 365 g/mol. The fourth-order valence-electron chi connectivity index (χ4n) is 2.96. The molecular formula is C21H23N3O3. The summed E-state index contributed by atoms with van der Waals surface area (Å²) >= 11 is 0. The van der Waals surface area contributed by atoms with E-state index in [0.29, 0.717) is 12.2 Å². The largest absolute Gasteiger partial charge is 0.497 e. The van der Waals surface area contributed by atoms with Crippen LogP contribution in [-0.4, -0.2) is 29.7 Å². The molecule has 1 N–H and O–H groups in total. The first-order chi connectivity index (χ1) is 13.1. The maximum atomic E-state index is 12.9. The van der Waals surface area contributed by atoms with Crippen molar-refractivity contribution >= 4 is 5.91 Å². The smallest absolute Gasteiger partial charge is 0.252 e. The molecule has 27 heavy (non-hydrogen) atoms.